The largest absolute Gasteiger partial charge is 0.476 e. The summed E-state index contributed by atoms with van der Waals surface area (Å²) in [5.41, 5.74) is -0.0460. The number of hydrogen-bond acceptors (Lipinski definition) is 5. The molecule has 0 saturated carbocycles. The van der Waals surface area contributed by atoms with Gasteiger partial charge in [0.05, 0.1) is 6.54 Å². The fourth-order valence-corrected chi connectivity index (χ4v) is 1.58. The summed E-state index contributed by atoms with van der Waals surface area (Å²) in [4.78, 5) is 12.9. The molecule has 0 amide bonds. The quantitative estimate of drug-likeness (QED) is 0.663. The van der Waals surface area contributed by atoms with Crippen molar-refractivity contribution in [3.8, 4) is 0 Å². The summed E-state index contributed by atoms with van der Waals surface area (Å²) < 4.78 is 4.90. The Kier molecular flexibility index (Phi) is 6.52. The van der Waals surface area contributed by atoms with E-state index in [2.05, 4.69) is 36.3 Å². The number of carboxylic acids is 1. The molecule has 0 bridgehead atoms. The molecule has 1 heterocycles. The Labute approximate surface area is 113 Å². The Morgan fingerprint density at radius 1 is 1.53 bits per heavy atom. The molecule has 6 nitrogen and oxygen atoms in total. The van der Waals surface area contributed by atoms with Gasteiger partial charge in [-0.3, -0.25) is 0 Å². The highest BCUT2D eigenvalue weighted by molar-refractivity contribution is 5.85. The van der Waals surface area contributed by atoms with Crippen LogP contribution in [0.3, 0.4) is 0 Å². The average Bonchev–Trinajstić information content (AvgIpc) is 2.82. The van der Waals surface area contributed by atoms with Gasteiger partial charge in [0.15, 0.2) is 11.5 Å². The van der Waals surface area contributed by atoms with E-state index in [-0.39, 0.29) is 5.69 Å². The molecule has 0 aliphatic carbocycles. The van der Waals surface area contributed by atoms with Gasteiger partial charge in [0.1, 0.15) is 0 Å². The second-order valence-corrected chi connectivity index (χ2v) is 4.94. The standard InChI is InChI=1S/C13H23N3O3/c1-10(2)16(3)7-5-4-6-14-9-11-8-12(13(17)18)15-19-11/h8,10,14H,4-7,9H2,1-3H3,(H,17,18). The van der Waals surface area contributed by atoms with Gasteiger partial charge in [-0.05, 0) is 46.8 Å². The summed E-state index contributed by atoms with van der Waals surface area (Å²) in [7, 11) is 2.13. The van der Waals surface area contributed by atoms with E-state index in [1.807, 2.05) is 0 Å². The normalized spacial score (nSPS) is 11.4. The molecule has 0 aliphatic heterocycles. The Hall–Kier alpha value is -1.40. The number of aromatic nitrogens is 1. The van der Waals surface area contributed by atoms with E-state index >= 15 is 0 Å². The summed E-state index contributed by atoms with van der Waals surface area (Å²) in [5.74, 6) is -0.511. The number of carboxylic acid groups (broad SMARTS) is 1. The Morgan fingerprint density at radius 2 is 2.26 bits per heavy atom. The molecule has 0 spiro atoms. The molecule has 1 aromatic rings. The predicted octanol–water partition coefficient (Wildman–Crippen LogP) is 1.58. The van der Waals surface area contributed by atoms with E-state index in [1.54, 1.807) is 0 Å². The van der Waals surface area contributed by atoms with Crippen molar-refractivity contribution in [1.29, 1.82) is 0 Å². The number of nitrogens with zero attached hydrogens (tertiary/aromatic N) is 2. The van der Waals surface area contributed by atoms with Crippen LogP contribution < -0.4 is 5.32 Å². The molecule has 0 aliphatic rings. The average molecular weight is 269 g/mol. The number of rotatable bonds is 9. The lowest BCUT2D eigenvalue weighted by molar-refractivity contribution is 0.0685. The van der Waals surface area contributed by atoms with Gasteiger partial charge in [0.2, 0.25) is 0 Å². The van der Waals surface area contributed by atoms with Crippen molar-refractivity contribution in [1.82, 2.24) is 15.4 Å². The van der Waals surface area contributed by atoms with E-state index < -0.39 is 5.97 Å². The molecule has 1 rings (SSSR count). The molecular formula is C13H23N3O3. The highest BCUT2D eigenvalue weighted by Gasteiger charge is 2.09. The Bertz CT molecular complexity index is 390. The minimum Gasteiger partial charge on any atom is -0.476 e. The van der Waals surface area contributed by atoms with Gasteiger partial charge in [0, 0.05) is 12.1 Å². The summed E-state index contributed by atoms with van der Waals surface area (Å²) in [6, 6.07) is 2.03. The van der Waals surface area contributed by atoms with Crippen molar-refractivity contribution in [2.75, 3.05) is 20.1 Å². The van der Waals surface area contributed by atoms with E-state index in [9.17, 15) is 4.79 Å². The van der Waals surface area contributed by atoms with Crippen LogP contribution in [0.25, 0.3) is 0 Å². The van der Waals surface area contributed by atoms with Crippen LogP contribution in [0.15, 0.2) is 10.6 Å². The smallest absolute Gasteiger partial charge is 0.358 e. The fraction of sp³-hybridized carbons (Fsp3) is 0.692. The number of aromatic carboxylic acids is 1. The maximum atomic E-state index is 10.6. The molecule has 108 valence electrons. The first kappa shape index (κ1) is 15.7. The first-order chi connectivity index (χ1) is 9.00. The van der Waals surface area contributed by atoms with Gasteiger partial charge >= 0.3 is 5.97 Å². The van der Waals surface area contributed by atoms with Crippen LogP contribution in [0.5, 0.6) is 0 Å². The molecule has 0 radical (unpaired) electrons. The monoisotopic (exact) mass is 269 g/mol. The van der Waals surface area contributed by atoms with Crippen LogP contribution in [0.2, 0.25) is 0 Å². The van der Waals surface area contributed by atoms with Crippen molar-refractivity contribution in [2.24, 2.45) is 0 Å². The minimum absolute atomic E-state index is 0.0460. The molecule has 0 atom stereocenters. The van der Waals surface area contributed by atoms with Crippen LogP contribution >= 0.6 is 0 Å². The van der Waals surface area contributed by atoms with Crippen molar-refractivity contribution in [2.45, 2.75) is 39.3 Å². The van der Waals surface area contributed by atoms with E-state index in [0.717, 1.165) is 25.9 Å². The van der Waals surface area contributed by atoms with Gasteiger partial charge < -0.3 is 19.8 Å². The lowest BCUT2D eigenvalue weighted by atomic mass is 10.2. The second-order valence-electron chi connectivity index (χ2n) is 4.94. The van der Waals surface area contributed by atoms with Crippen LogP contribution in [0, 0.1) is 0 Å². The number of unbranched alkanes of at least 4 members (excludes halogenated alkanes) is 1. The van der Waals surface area contributed by atoms with Gasteiger partial charge in [-0.1, -0.05) is 5.16 Å². The summed E-state index contributed by atoms with van der Waals surface area (Å²) >= 11 is 0. The Balaban J connectivity index is 2.09. The first-order valence-corrected chi connectivity index (χ1v) is 6.60. The lowest BCUT2D eigenvalue weighted by Gasteiger charge is -2.20. The van der Waals surface area contributed by atoms with Crippen molar-refractivity contribution in [3.05, 3.63) is 17.5 Å². The molecule has 0 unspecified atom stereocenters. The minimum atomic E-state index is -1.06. The number of hydrogen-bond donors (Lipinski definition) is 2. The third kappa shape index (κ3) is 5.85. The van der Waals surface area contributed by atoms with E-state index in [0.29, 0.717) is 18.3 Å². The van der Waals surface area contributed by atoms with Crippen molar-refractivity contribution in [3.63, 3.8) is 0 Å². The summed E-state index contributed by atoms with van der Waals surface area (Å²) in [6.45, 7) is 6.85. The van der Waals surface area contributed by atoms with Crippen LogP contribution in [-0.2, 0) is 6.54 Å². The third-order valence-electron chi connectivity index (χ3n) is 3.07. The number of nitrogens with one attached hydrogen (secondary N) is 1. The van der Waals surface area contributed by atoms with Crippen LogP contribution in [0.1, 0.15) is 42.9 Å². The van der Waals surface area contributed by atoms with E-state index in [4.69, 9.17) is 9.63 Å². The van der Waals surface area contributed by atoms with Gasteiger partial charge in [0.25, 0.3) is 0 Å². The number of carbonyl (C=O) groups is 1. The van der Waals surface area contributed by atoms with Crippen molar-refractivity contribution < 1.29 is 14.4 Å². The highest BCUT2D eigenvalue weighted by atomic mass is 16.5. The molecule has 6 heteroatoms. The summed E-state index contributed by atoms with van der Waals surface area (Å²) in [5, 5.41) is 15.4. The highest BCUT2D eigenvalue weighted by Crippen LogP contribution is 2.03. The second kappa shape index (κ2) is 7.91. The zero-order valence-electron chi connectivity index (χ0n) is 11.8. The van der Waals surface area contributed by atoms with Crippen molar-refractivity contribution >= 4 is 5.97 Å². The zero-order chi connectivity index (χ0) is 14.3. The molecule has 0 fully saturated rings. The maximum Gasteiger partial charge on any atom is 0.358 e. The topological polar surface area (TPSA) is 78.6 Å². The molecule has 19 heavy (non-hydrogen) atoms. The maximum absolute atomic E-state index is 10.6. The Morgan fingerprint density at radius 3 is 2.84 bits per heavy atom. The lowest BCUT2D eigenvalue weighted by Crippen LogP contribution is -2.27. The molecule has 0 saturated heterocycles. The summed E-state index contributed by atoms with van der Waals surface area (Å²) in [6.07, 6.45) is 2.22. The predicted molar refractivity (Wildman–Crippen MR) is 72.2 cm³/mol. The first-order valence-electron chi connectivity index (χ1n) is 6.60. The van der Waals surface area contributed by atoms with Gasteiger partial charge in [-0.15, -0.1) is 0 Å². The van der Waals surface area contributed by atoms with Crippen LogP contribution in [0.4, 0.5) is 0 Å². The molecule has 1 aromatic heterocycles. The SMILES string of the molecule is CC(C)N(C)CCCCNCc1cc(C(=O)O)no1. The van der Waals surface area contributed by atoms with Gasteiger partial charge in [-0.25, -0.2) is 4.79 Å². The fourth-order valence-electron chi connectivity index (χ4n) is 1.58. The van der Waals surface area contributed by atoms with Crippen LogP contribution in [-0.4, -0.2) is 47.3 Å². The molecular weight excluding hydrogens is 246 g/mol. The zero-order valence-corrected chi connectivity index (χ0v) is 11.8. The molecule has 0 aromatic carbocycles. The van der Waals surface area contributed by atoms with E-state index in [1.165, 1.54) is 6.07 Å². The van der Waals surface area contributed by atoms with Gasteiger partial charge in [-0.2, -0.15) is 0 Å². The molecule has 2 N–H and O–H groups in total. The third-order valence-corrected chi connectivity index (χ3v) is 3.07.